The van der Waals surface area contributed by atoms with Crippen molar-refractivity contribution in [3.05, 3.63) is 28.8 Å². The van der Waals surface area contributed by atoms with E-state index in [1.807, 2.05) is 12.1 Å². The third kappa shape index (κ3) is 3.14. The molecule has 1 saturated carbocycles. The van der Waals surface area contributed by atoms with Crippen molar-refractivity contribution in [2.45, 2.75) is 38.6 Å². The average Bonchev–Trinajstić information content (AvgIpc) is 2.32. The Morgan fingerprint density at radius 2 is 2.24 bits per heavy atom. The van der Waals surface area contributed by atoms with Crippen LogP contribution in [0.3, 0.4) is 0 Å². The molecule has 17 heavy (non-hydrogen) atoms. The molecule has 0 bridgehead atoms. The summed E-state index contributed by atoms with van der Waals surface area (Å²) in [6.07, 6.45) is 5.05. The summed E-state index contributed by atoms with van der Waals surface area (Å²) in [6, 6.07) is 8.21. The van der Waals surface area contributed by atoms with Crippen molar-refractivity contribution in [1.29, 1.82) is 5.26 Å². The van der Waals surface area contributed by atoms with E-state index in [9.17, 15) is 0 Å². The van der Waals surface area contributed by atoms with E-state index in [1.165, 1.54) is 25.7 Å². The summed E-state index contributed by atoms with van der Waals surface area (Å²) >= 11 is 5.91. The highest BCUT2D eigenvalue weighted by atomic mass is 35.5. The van der Waals surface area contributed by atoms with Crippen molar-refractivity contribution in [2.24, 2.45) is 5.92 Å². The minimum atomic E-state index is 0.523. The molecule has 1 fully saturated rings. The molecular weight excluding hydrogens is 232 g/mol. The second-order valence-corrected chi connectivity index (χ2v) is 5.33. The van der Waals surface area contributed by atoms with Crippen molar-refractivity contribution in [3.8, 4) is 6.07 Å². The fraction of sp³-hybridized carbons (Fsp3) is 0.500. The molecule has 0 heterocycles. The summed E-state index contributed by atoms with van der Waals surface area (Å²) < 4.78 is 0. The summed E-state index contributed by atoms with van der Waals surface area (Å²) in [5.74, 6) is 0.795. The lowest BCUT2D eigenvalue weighted by Crippen LogP contribution is -2.26. The number of hydrogen-bond donors (Lipinski definition) is 1. The minimum absolute atomic E-state index is 0.523. The van der Waals surface area contributed by atoms with E-state index in [0.29, 0.717) is 16.6 Å². The normalized spacial score (nSPS) is 24.1. The van der Waals surface area contributed by atoms with Crippen LogP contribution in [0.15, 0.2) is 18.2 Å². The molecule has 0 aromatic heterocycles. The van der Waals surface area contributed by atoms with Crippen LogP contribution in [-0.4, -0.2) is 6.04 Å². The van der Waals surface area contributed by atoms with Gasteiger partial charge in [0.15, 0.2) is 0 Å². The Morgan fingerprint density at radius 1 is 1.41 bits per heavy atom. The second-order valence-electron chi connectivity index (χ2n) is 4.92. The molecule has 1 aliphatic carbocycles. The lowest BCUT2D eigenvalue weighted by Gasteiger charge is -2.28. The highest BCUT2D eigenvalue weighted by Gasteiger charge is 2.18. The predicted octanol–water partition coefficient (Wildman–Crippen LogP) is 4.20. The molecule has 1 aromatic rings. The molecule has 3 heteroatoms. The standard InChI is InChI=1S/C14H17ClN2/c1-10-3-2-4-12(7-10)17-13-5-6-14(15)11(8-13)9-16/h5-6,8,10,12,17H,2-4,7H2,1H3. The van der Waals surface area contributed by atoms with Crippen LogP contribution < -0.4 is 5.32 Å². The topological polar surface area (TPSA) is 35.8 Å². The molecule has 1 aromatic carbocycles. The number of rotatable bonds is 2. The molecule has 0 saturated heterocycles. The van der Waals surface area contributed by atoms with Crippen molar-refractivity contribution >= 4 is 17.3 Å². The number of benzene rings is 1. The zero-order valence-corrected chi connectivity index (χ0v) is 10.8. The summed E-state index contributed by atoms with van der Waals surface area (Å²) in [5.41, 5.74) is 1.55. The van der Waals surface area contributed by atoms with Gasteiger partial charge in [0.1, 0.15) is 6.07 Å². The van der Waals surface area contributed by atoms with Gasteiger partial charge in [-0.3, -0.25) is 0 Å². The molecular formula is C14H17ClN2. The maximum absolute atomic E-state index is 8.93. The van der Waals surface area contributed by atoms with Gasteiger partial charge in [0.05, 0.1) is 10.6 Å². The number of anilines is 1. The van der Waals surface area contributed by atoms with Gasteiger partial charge in [-0.1, -0.05) is 31.4 Å². The molecule has 2 unspecified atom stereocenters. The molecule has 0 spiro atoms. The predicted molar refractivity (Wildman–Crippen MR) is 71.2 cm³/mol. The number of nitrogens with one attached hydrogen (secondary N) is 1. The van der Waals surface area contributed by atoms with Crippen LogP contribution in [0.5, 0.6) is 0 Å². The Morgan fingerprint density at radius 3 is 2.94 bits per heavy atom. The van der Waals surface area contributed by atoms with Gasteiger partial charge in [-0.2, -0.15) is 5.26 Å². The van der Waals surface area contributed by atoms with Crippen LogP contribution in [0, 0.1) is 17.2 Å². The monoisotopic (exact) mass is 248 g/mol. The quantitative estimate of drug-likeness (QED) is 0.851. The molecule has 2 rings (SSSR count). The van der Waals surface area contributed by atoms with Crippen LogP contribution in [-0.2, 0) is 0 Å². The highest BCUT2D eigenvalue weighted by Crippen LogP contribution is 2.27. The van der Waals surface area contributed by atoms with Gasteiger partial charge < -0.3 is 5.32 Å². The number of halogens is 1. The smallest absolute Gasteiger partial charge is 0.101 e. The van der Waals surface area contributed by atoms with Crippen molar-refractivity contribution in [2.75, 3.05) is 5.32 Å². The SMILES string of the molecule is CC1CCCC(Nc2ccc(Cl)c(C#N)c2)C1. The number of hydrogen-bond acceptors (Lipinski definition) is 2. The Hall–Kier alpha value is -1.20. The third-order valence-corrected chi connectivity index (χ3v) is 3.72. The Bertz CT molecular complexity index is 436. The first-order valence-corrected chi connectivity index (χ1v) is 6.53. The van der Waals surface area contributed by atoms with Gasteiger partial charge in [-0.05, 0) is 37.0 Å². The fourth-order valence-electron chi connectivity index (χ4n) is 2.50. The fourth-order valence-corrected chi connectivity index (χ4v) is 2.66. The maximum Gasteiger partial charge on any atom is 0.101 e. The number of nitriles is 1. The molecule has 0 amide bonds. The lowest BCUT2D eigenvalue weighted by molar-refractivity contribution is 0.358. The van der Waals surface area contributed by atoms with Crippen LogP contribution in [0.1, 0.15) is 38.2 Å². The Kier molecular flexibility index (Phi) is 3.91. The van der Waals surface area contributed by atoms with E-state index in [0.717, 1.165) is 11.6 Å². The van der Waals surface area contributed by atoms with E-state index in [4.69, 9.17) is 16.9 Å². The van der Waals surface area contributed by atoms with Crippen molar-refractivity contribution in [3.63, 3.8) is 0 Å². The molecule has 90 valence electrons. The van der Waals surface area contributed by atoms with Crippen LogP contribution >= 0.6 is 11.6 Å². The van der Waals surface area contributed by atoms with Crippen LogP contribution in [0.4, 0.5) is 5.69 Å². The zero-order chi connectivity index (χ0) is 12.3. The van der Waals surface area contributed by atoms with Gasteiger partial charge >= 0.3 is 0 Å². The van der Waals surface area contributed by atoms with Crippen molar-refractivity contribution in [1.82, 2.24) is 0 Å². The third-order valence-electron chi connectivity index (χ3n) is 3.39. The molecule has 1 N–H and O–H groups in total. The Labute approximate surface area is 108 Å². The molecule has 2 atom stereocenters. The van der Waals surface area contributed by atoms with Gasteiger partial charge in [-0.25, -0.2) is 0 Å². The average molecular weight is 249 g/mol. The van der Waals surface area contributed by atoms with E-state index in [2.05, 4.69) is 18.3 Å². The summed E-state index contributed by atoms with van der Waals surface area (Å²) in [5, 5.41) is 13.0. The summed E-state index contributed by atoms with van der Waals surface area (Å²) in [6.45, 7) is 2.30. The first kappa shape index (κ1) is 12.3. The summed E-state index contributed by atoms with van der Waals surface area (Å²) in [4.78, 5) is 0. The van der Waals surface area contributed by atoms with Crippen LogP contribution in [0.25, 0.3) is 0 Å². The van der Waals surface area contributed by atoms with Crippen molar-refractivity contribution < 1.29 is 0 Å². The van der Waals surface area contributed by atoms with E-state index in [-0.39, 0.29) is 0 Å². The van der Waals surface area contributed by atoms with Crippen LogP contribution in [0.2, 0.25) is 5.02 Å². The molecule has 0 aliphatic heterocycles. The Balaban J connectivity index is 2.06. The lowest BCUT2D eigenvalue weighted by atomic mass is 9.87. The first-order chi connectivity index (χ1) is 8.19. The summed E-state index contributed by atoms with van der Waals surface area (Å²) in [7, 11) is 0. The molecule has 0 radical (unpaired) electrons. The molecule has 1 aliphatic rings. The highest BCUT2D eigenvalue weighted by molar-refractivity contribution is 6.31. The van der Waals surface area contributed by atoms with Gasteiger partial charge in [-0.15, -0.1) is 0 Å². The largest absolute Gasteiger partial charge is 0.382 e. The van der Waals surface area contributed by atoms with E-state index in [1.54, 1.807) is 6.07 Å². The second kappa shape index (κ2) is 5.42. The van der Waals surface area contributed by atoms with Gasteiger partial charge in [0.25, 0.3) is 0 Å². The molecule has 2 nitrogen and oxygen atoms in total. The van der Waals surface area contributed by atoms with E-state index >= 15 is 0 Å². The first-order valence-electron chi connectivity index (χ1n) is 6.15. The number of nitrogens with zero attached hydrogens (tertiary/aromatic N) is 1. The van der Waals surface area contributed by atoms with E-state index < -0.39 is 0 Å². The van der Waals surface area contributed by atoms with Gasteiger partial charge in [0.2, 0.25) is 0 Å². The maximum atomic E-state index is 8.93. The minimum Gasteiger partial charge on any atom is -0.382 e. The zero-order valence-electron chi connectivity index (χ0n) is 10.0. The van der Waals surface area contributed by atoms with Gasteiger partial charge in [0, 0.05) is 11.7 Å².